The number of benzene rings is 2. The highest BCUT2D eigenvalue weighted by Crippen LogP contribution is 2.16. The van der Waals surface area contributed by atoms with Gasteiger partial charge in [-0.15, -0.1) is 0 Å². The molecule has 2 aromatic rings. The highest BCUT2D eigenvalue weighted by Gasteiger charge is 2.07. The second kappa shape index (κ2) is 24.5. The fourth-order valence-corrected chi connectivity index (χ4v) is 3.53. The van der Waals surface area contributed by atoms with Gasteiger partial charge in [-0.25, -0.2) is 0 Å². The normalized spacial score (nSPS) is 11.7. The summed E-state index contributed by atoms with van der Waals surface area (Å²) in [6.07, 6.45) is 0. The van der Waals surface area contributed by atoms with Crippen molar-refractivity contribution in [2.45, 2.75) is 13.8 Å². The maximum Gasteiger partial charge on any atom is 0.0701 e. The lowest BCUT2D eigenvalue weighted by Gasteiger charge is -2.25. The lowest BCUT2D eigenvalue weighted by atomic mass is 10.2. The van der Waals surface area contributed by atoms with Crippen LogP contribution in [-0.4, -0.2) is 126 Å². The Hall–Kier alpha value is -2.28. The summed E-state index contributed by atoms with van der Waals surface area (Å²) in [5.41, 5.74) is 4.58. The van der Waals surface area contributed by atoms with Crippen molar-refractivity contribution >= 4 is 11.4 Å². The van der Waals surface area contributed by atoms with Gasteiger partial charge in [-0.1, -0.05) is 24.3 Å². The second-order valence-corrected chi connectivity index (χ2v) is 9.00. The van der Waals surface area contributed by atoms with Gasteiger partial charge in [-0.3, -0.25) is 0 Å². The summed E-state index contributed by atoms with van der Waals surface area (Å²) in [6.45, 7) is 11.9. The number of rotatable bonds is 19. The molecule has 0 saturated carbocycles. The van der Waals surface area contributed by atoms with Crippen LogP contribution >= 0.6 is 0 Å². The molecule has 4 N–H and O–H groups in total. The van der Waals surface area contributed by atoms with Crippen molar-refractivity contribution in [2.75, 3.05) is 115 Å². The zero-order chi connectivity index (χ0) is 29.3. The summed E-state index contributed by atoms with van der Waals surface area (Å²) < 4.78 is 20.6. The van der Waals surface area contributed by atoms with E-state index in [9.17, 15) is 0 Å². The molecule has 228 valence electrons. The second-order valence-electron chi connectivity index (χ2n) is 9.00. The van der Waals surface area contributed by atoms with Gasteiger partial charge in [0, 0.05) is 37.6 Å². The fraction of sp³-hybridized carbons (Fsp3) is 0.600. The molecule has 0 amide bonds. The predicted octanol–water partition coefficient (Wildman–Crippen LogP) is 1.64. The largest absolute Gasteiger partial charge is 0.395 e. The summed E-state index contributed by atoms with van der Waals surface area (Å²) in [7, 11) is 0. The molecule has 10 heteroatoms. The van der Waals surface area contributed by atoms with E-state index in [0.29, 0.717) is 52.7 Å². The van der Waals surface area contributed by atoms with Crippen LogP contribution in [0.2, 0.25) is 0 Å². The summed E-state index contributed by atoms with van der Waals surface area (Å²) in [4.78, 5) is 4.17. The monoisotopic (exact) mass is 566 g/mol. The summed E-state index contributed by atoms with van der Waals surface area (Å²) in [6, 6.07) is 16.4. The molecule has 0 spiro atoms. The first-order valence-electron chi connectivity index (χ1n) is 13.9. The highest BCUT2D eigenvalue weighted by atomic mass is 16.6. The average Bonchev–Trinajstić information content (AvgIpc) is 3.84. The Balaban J connectivity index is 0.000000394. The third-order valence-corrected chi connectivity index (χ3v) is 5.53. The van der Waals surface area contributed by atoms with Crippen molar-refractivity contribution in [3.8, 4) is 0 Å². The molecule has 0 bridgehead atoms. The standard InChI is InChI=1S/C17H29NO5.C11H17NO2.C2H4O/c1-16-3-2-4-17(15-16)18(5-9-21-11-7-19)6-10-22-13-14-23-12-8-20;1-10-3-2-4-11(9-10)12(5-7-13)6-8-14;1-2-3-1/h2-4,15,19-20H,5-14H2,1H3;2-4,9,13-14H,5-8H2,1H3;1-2H2. The van der Waals surface area contributed by atoms with Gasteiger partial charge in [0.25, 0.3) is 0 Å². The van der Waals surface area contributed by atoms with E-state index in [1.54, 1.807) is 0 Å². The number of aliphatic hydroxyl groups excluding tert-OH is 4. The van der Waals surface area contributed by atoms with Crippen molar-refractivity contribution < 1.29 is 39.4 Å². The van der Waals surface area contributed by atoms with Crippen LogP contribution in [0.4, 0.5) is 11.4 Å². The van der Waals surface area contributed by atoms with Gasteiger partial charge in [-0.05, 0) is 49.2 Å². The molecule has 1 aliphatic rings. The smallest absolute Gasteiger partial charge is 0.0701 e. The Morgan fingerprint density at radius 3 is 1.35 bits per heavy atom. The number of anilines is 2. The Kier molecular flexibility index (Phi) is 21.9. The third kappa shape index (κ3) is 18.9. The van der Waals surface area contributed by atoms with E-state index >= 15 is 0 Å². The van der Waals surface area contributed by atoms with Crippen LogP contribution in [-0.2, 0) is 18.9 Å². The van der Waals surface area contributed by atoms with Gasteiger partial charge < -0.3 is 49.2 Å². The lowest BCUT2D eigenvalue weighted by Crippen LogP contribution is -2.31. The molecule has 0 aliphatic carbocycles. The van der Waals surface area contributed by atoms with Gasteiger partial charge in [0.2, 0.25) is 0 Å². The average molecular weight is 567 g/mol. The van der Waals surface area contributed by atoms with E-state index in [2.05, 4.69) is 34.8 Å². The zero-order valence-electron chi connectivity index (χ0n) is 24.2. The van der Waals surface area contributed by atoms with E-state index < -0.39 is 0 Å². The number of ether oxygens (including phenoxy) is 4. The molecule has 2 aromatic carbocycles. The molecule has 0 unspecified atom stereocenters. The molecule has 10 nitrogen and oxygen atoms in total. The van der Waals surface area contributed by atoms with Gasteiger partial charge >= 0.3 is 0 Å². The molecular weight excluding hydrogens is 516 g/mol. The SMILES string of the molecule is C1CO1.Cc1cccc(N(CCO)CCO)c1.Cc1cccc(N(CCOCCO)CCOCCOCCO)c1. The van der Waals surface area contributed by atoms with Gasteiger partial charge in [0.05, 0.1) is 79.3 Å². The first-order chi connectivity index (χ1) is 19.5. The Labute approximate surface area is 239 Å². The number of nitrogens with zero attached hydrogens (tertiary/aromatic N) is 2. The topological polar surface area (TPSA) is 128 Å². The number of hydrogen-bond donors (Lipinski definition) is 4. The summed E-state index contributed by atoms with van der Waals surface area (Å²) in [5, 5.41) is 35.1. The highest BCUT2D eigenvalue weighted by molar-refractivity contribution is 5.49. The predicted molar refractivity (Wildman–Crippen MR) is 158 cm³/mol. The Bertz CT molecular complexity index is 847. The van der Waals surface area contributed by atoms with Crippen LogP contribution < -0.4 is 9.80 Å². The van der Waals surface area contributed by atoms with Gasteiger partial charge in [0.1, 0.15) is 0 Å². The van der Waals surface area contributed by atoms with Gasteiger partial charge in [0.15, 0.2) is 0 Å². The maximum atomic E-state index is 8.87. The third-order valence-electron chi connectivity index (χ3n) is 5.53. The molecular formula is C30H50N2O8. The molecule has 1 saturated heterocycles. The molecule has 40 heavy (non-hydrogen) atoms. The molecule has 3 rings (SSSR count). The van der Waals surface area contributed by atoms with Crippen LogP contribution in [0.3, 0.4) is 0 Å². The van der Waals surface area contributed by atoms with Crippen molar-refractivity contribution in [3.63, 3.8) is 0 Å². The molecule has 1 fully saturated rings. The van der Waals surface area contributed by atoms with E-state index in [-0.39, 0.29) is 26.4 Å². The molecule has 1 heterocycles. The van der Waals surface area contributed by atoms with Crippen molar-refractivity contribution in [1.82, 2.24) is 0 Å². The summed E-state index contributed by atoms with van der Waals surface area (Å²) in [5.74, 6) is 0. The number of aliphatic hydroxyl groups is 4. The van der Waals surface area contributed by atoms with E-state index in [1.165, 1.54) is 11.1 Å². The number of epoxide rings is 1. The first kappa shape index (κ1) is 35.7. The zero-order valence-corrected chi connectivity index (χ0v) is 24.2. The molecule has 0 radical (unpaired) electrons. The van der Waals surface area contributed by atoms with Crippen molar-refractivity contribution in [1.29, 1.82) is 0 Å². The molecule has 0 atom stereocenters. The van der Waals surface area contributed by atoms with Crippen LogP contribution in [0.5, 0.6) is 0 Å². The minimum absolute atomic E-state index is 0.0367. The Morgan fingerprint density at radius 1 is 0.575 bits per heavy atom. The van der Waals surface area contributed by atoms with E-state index in [0.717, 1.165) is 37.7 Å². The van der Waals surface area contributed by atoms with Crippen molar-refractivity contribution in [3.05, 3.63) is 59.7 Å². The van der Waals surface area contributed by atoms with Crippen LogP contribution in [0, 0.1) is 13.8 Å². The molecule has 0 aromatic heterocycles. The van der Waals surface area contributed by atoms with Crippen LogP contribution in [0.1, 0.15) is 11.1 Å². The quantitative estimate of drug-likeness (QED) is 0.147. The number of hydrogen-bond acceptors (Lipinski definition) is 10. The first-order valence-corrected chi connectivity index (χ1v) is 13.9. The van der Waals surface area contributed by atoms with Crippen molar-refractivity contribution in [2.24, 2.45) is 0 Å². The lowest BCUT2D eigenvalue weighted by molar-refractivity contribution is 0.0347. The minimum Gasteiger partial charge on any atom is -0.395 e. The van der Waals surface area contributed by atoms with Crippen LogP contribution in [0.15, 0.2) is 48.5 Å². The molecule has 1 aliphatic heterocycles. The van der Waals surface area contributed by atoms with E-state index in [4.69, 9.17) is 34.6 Å². The van der Waals surface area contributed by atoms with E-state index in [1.807, 2.05) is 42.2 Å². The van der Waals surface area contributed by atoms with Gasteiger partial charge in [-0.2, -0.15) is 0 Å². The Morgan fingerprint density at radius 2 is 0.975 bits per heavy atom. The number of aryl methyl sites for hydroxylation is 2. The van der Waals surface area contributed by atoms with Crippen LogP contribution in [0.25, 0.3) is 0 Å². The maximum absolute atomic E-state index is 8.87. The minimum atomic E-state index is 0.0367. The summed E-state index contributed by atoms with van der Waals surface area (Å²) >= 11 is 0. The fourth-order valence-electron chi connectivity index (χ4n) is 3.53.